The number of hydrogen-bond donors (Lipinski definition) is 1. The number of aryl methyl sites for hydroxylation is 1. The zero-order valence-electron chi connectivity index (χ0n) is 14.5. The van der Waals surface area contributed by atoms with E-state index in [-0.39, 0.29) is 28.1 Å². The van der Waals surface area contributed by atoms with Gasteiger partial charge in [0.2, 0.25) is 0 Å². The van der Waals surface area contributed by atoms with Gasteiger partial charge in [0.1, 0.15) is 11.3 Å². The Labute approximate surface area is 140 Å². The molecule has 4 heteroatoms. The van der Waals surface area contributed by atoms with Crippen LogP contribution in [0.3, 0.4) is 0 Å². The number of carbonyl (C=O) groups excluding carboxylic acids is 1. The highest BCUT2D eigenvalue weighted by atomic mass is 16.4. The van der Waals surface area contributed by atoms with E-state index >= 15 is 0 Å². The second-order valence-electron chi connectivity index (χ2n) is 7.22. The predicted molar refractivity (Wildman–Crippen MR) is 94.7 cm³/mol. The average Bonchev–Trinajstić information content (AvgIpc) is 2.45. The minimum atomic E-state index is -0.488. The summed E-state index contributed by atoms with van der Waals surface area (Å²) in [6.45, 7) is 7.66. The van der Waals surface area contributed by atoms with Crippen LogP contribution >= 0.6 is 0 Å². The van der Waals surface area contributed by atoms with Gasteiger partial charge in [0, 0.05) is 17.0 Å². The number of ketones is 1. The van der Waals surface area contributed by atoms with Gasteiger partial charge >= 0.3 is 5.63 Å². The molecule has 0 radical (unpaired) electrons. The number of phenolic OH excluding ortho intramolecular Hbond substituents is 1. The van der Waals surface area contributed by atoms with Gasteiger partial charge in [-0.05, 0) is 36.3 Å². The Morgan fingerprint density at radius 2 is 2.08 bits per heavy atom. The number of Topliss-reactive ketones (excluding diaryl/α,β-unsaturated/α-hetero) is 1. The molecule has 0 unspecified atom stereocenters. The van der Waals surface area contributed by atoms with Gasteiger partial charge in [-0.2, -0.15) is 0 Å². The maximum Gasteiger partial charge on any atom is 0.336 e. The Morgan fingerprint density at radius 3 is 2.71 bits per heavy atom. The van der Waals surface area contributed by atoms with Crippen molar-refractivity contribution in [2.75, 3.05) is 0 Å². The van der Waals surface area contributed by atoms with Crippen LogP contribution in [0.5, 0.6) is 5.75 Å². The Bertz CT molecular complexity index is 929. The van der Waals surface area contributed by atoms with Gasteiger partial charge in [0.15, 0.2) is 11.4 Å². The second-order valence-corrected chi connectivity index (χ2v) is 7.22. The molecule has 126 valence electrons. The SMILES string of the molecule is CCCc1cc(=O)oc2c(C(C)=O)c(O)c3c(c12)CC(C)(C)C=C3. The molecule has 2 aromatic rings. The first-order valence-electron chi connectivity index (χ1n) is 8.30. The van der Waals surface area contributed by atoms with Crippen molar-refractivity contribution in [2.45, 2.75) is 47.0 Å². The van der Waals surface area contributed by atoms with E-state index < -0.39 is 5.63 Å². The fourth-order valence-corrected chi connectivity index (χ4v) is 3.55. The molecule has 1 aromatic carbocycles. The molecule has 0 saturated heterocycles. The first-order chi connectivity index (χ1) is 11.2. The number of hydrogen-bond acceptors (Lipinski definition) is 4. The van der Waals surface area contributed by atoms with E-state index in [0.717, 1.165) is 29.4 Å². The number of rotatable bonds is 3. The smallest absolute Gasteiger partial charge is 0.336 e. The van der Waals surface area contributed by atoms with Gasteiger partial charge in [-0.25, -0.2) is 4.79 Å². The predicted octanol–water partition coefficient (Wildman–Crippen LogP) is 4.25. The molecule has 0 saturated carbocycles. The van der Waals surface area contributed by atoms with E-state index in [1.807, 2.05) is 19.1 Å². The van der Waals surface area contributed by atoms with Crippen molar-refractivity contribution in [3.05, 3.63) is 44.8 Å². The molecular weight excluding hydrogens is 304 g/mol. The summed E-state index contributed by atoms with van der Waals surface area (Å²) in [5.41, 5.74) is 2.27. The maximum absolute atomic E-state index is 12.1. The normalized spacial score (nSPS) is 15.5. The summed E-state index contributed by atoms with van der Waals surface area (Å²) in [4.78, 5) is 24.1. The Morgan fingerprint density at radius 1 is 1.38 bits per heavy atom. The third kappa shape index (κ3) is 2.56. The molecule has 0 spiro atoms. The molecule has 1 heterocycles. The molecule has 1 aliphatic carbocycles. The molecule has 24 heavy (non-hydrogen) atoms. The first kappa shape index (κ1) is 16.5. The first-order valence-corrected chi connectivity index (χ1v) is 8.30. The van der Waals surface area contributed by atoms with Crippen LogP contribution in [0.4, 0.5) is 0 Å². The summed E-state index contributed by atoms with van der Waals surface area (Å²) in [5, 5.41) is 11.5. The van der Waals surface area contributed by atoms with Gasteiger partial charge in [0.25, 0.3) is 0 Å². The van der Waals surface area contributed by atoms with Crippen molar-refractivity contribution >= 4 is 22.8 Å². The number of phenols is 1. The summed E-state index contributed by atoms with van der Waals surface area (Å²) in [5.74, 6) is -0.399. The molecule has 0 bridgehead atoms. The topological polar surface area (TPSA) is 67.5 Å². The van der Waals surface area contributed by atoms with Crippen LogP contribution in [-0.2, 0) is 12.8 Å². The second kappa shape index (κ2) is 5.62. The van der Waals surface area contributed by atoms with Gasteiger partial charge < -0.3 is 9.52 Å². The van der Waals surface area contributed by atoms with E-state index in [4.69, 9.17) is 4.42 Å². The third-order valence-electron chi connectivity index (χ3n) is 4.59. The maximum atomic E-state index is 12.1. The number of fused-ring (bicyclic) bond motifs is 3. The Hall–Kier alpha value is -2.36. The van der Waals surface area contributed by atoms with E-state index in [0.29, 0.717) is 12.0 Å². The molecule has 3 rings (SSSR count). The van der Waals surface area contributed by atoms with Gasteiger partial charge in [-0.1, -0.05) is 39.3 Å². The van der Waals surface area contributed by atoms with Crippen LogP contribution in [0.25, 0.3) is 17.0 Å². The number of benzene rings is 1. The van der Waals surface area contributed by atoms with Crippen LogP contribution in [0.15, 0.2) is 21.4 Å². The lowest BCUT2D eigenvalue weighted by molar-refractivity contribution is 0.101. The van der Waals surface area contributed by atoms with Crippen LogP contribution < -0.4 is 5.63 Å². The molecule has 0 atom stereocenters. The lowest BCUT2D eigenvalue weighted by Gasteiger charge is -2.28. The largest absolute Gasteiger partial charge is 0.506 e. The van der Waals surface area contributed by atoms with Crippen molar-refractivity contribution in [2.24, 2.45) is 5.41 Å². The highest BCUT2D eigenvalue weighted by molar-refractivity contribution is 6.10. The minimum Gasteiger partial charge on any atom is -0.506 e. The molecule has 1 N–H and O–H groups in total. The van der Waals surface area contributed by atoms with Crippen molar-refractivity contribution in [1.29, 1.82) is 0 Å². The quantitative estimate of drug-likeness (QED) is 0.676. The molecular formula is C20H22O4. The summed E-state index contributed by atoms with van der Waals surface area (Å²) < 4.78 is 5.40. The van der Waals surface area contributed by atoms with Crippen LogP contribution in [0, 0.1) is 5.41 Å². The summed E-state index contributed by atoms with van der Waals surface area (Å²) in [6, 6.07) is 1.51. The highest BCUT2D eigenvalue weighted by Crippen LogP contribution is 2.43. The van der Waals surface area contributed by atoms with Crippen molar-refractivity contribution in [3.8, 4) is 5.75 Å². The number of carbonyl (C=O) groups is 1. The summed E-state index contributed by atoms with van der Waals surface area (Å²) >= 11 is 0. The number of allylic oxidation sites excluding steroid dienone is 1. The van der Waals surface area contributed by atoms with Gasteiger partial charge in [0.05, 0.1) is 0 Å². The van der Waals surface area contributed by atoms with Crippen LogP contribution in [0.2, 0.25) is 0 Å². The molecule has 0 fully saturated rings. The van der Waals surface area contributed by atoms with Gasteiger partial charge in [-0.15, -0.1) is 0 Å². The molecule has 1 aliphatic rings. The van der Waals surface area contributed by atoms with E-state index in [1.165, 1.54) is 13.0 Å². The molecule has 0 aliphatic heterocycles. The monoisotopic (exact) mass is 326 g/mol. The molecule has 0 amide bonds. The van der Waals surface area contributed by atoms with E-state index in [2.05, 4.69) is 13.8 Å². The lowest BCUT2D eigenvalue weighted by atomic mass is 9.76. The van der Waals surface area contributed by atoms with Crippen LogP contribution in [0.1, 0.15) is 61.2 Å². The van der Waals surface area contributed by atoms with E-state index in [1.54, 1.807) is 0 Å². The molecule has 1 aromatic heterocycles. The molecule has 4 nitrogen and oxygen atoms in total. The Balaban J connectivity index is 2.54. The average molecular weight is 326 g/mol. The zero-order valence-corrected chi connectivity index (χ0v) is 14.5. The fourth-order valence-electron chi connectivity index (χ4n) is 3.55. The lowest BCUT2D eigenvalue weighted by Crippen LogP contribution is -2.18. The van der Waals surface area contributed by atoms with Crippen molar-refractivity contribution in [3.63, 3.8) is 0 Å². The zero-order chi connectivity index (χ0) is 17.6. The van der Waals surface area contributed by atoms with Gasteiger partial charge in [-0.3, -0.25) is 4.79 Å². The fraction of sp³-hybridized carbons (Fsp3) is 0.400. The highest BCUT2D eigenvalue weighted by Gasteiger charge is 2.30. The minimum absolute atomic E-state index is 0.0657. The Kier molecular flexibility index (Phi) is 3.86. The summed E-state index contributed by atoms with van der Waals surface area (Å²) in [7, 11) is 0. The third-order valence-corrected chi connectivity index (χ3v) is 4.59. The van der Waals surface area contributed by atoms with Crippen molar-refractivity contribution < 1.29 is 14.3 Å². The van der Waals surface area contributed by atoms with Crippen molar-refractivity contribution in [1.82, 2.24) is 0 Å². The van der Waals surface area contributed by atoms with E-state index in [9.17, 15) is 14.7 Å². The summed E-state index contributed by atoms with van der Waals surface area (Å²) in [6.07, 6.45) is 6.24. The number of aromatic hydroxyl groups is 1. The van der Waals surface area contributed by atoms with Crippen LogP contribution in [-0.4, -0.2) is 10.9 Å². The standard InChI is InChI=1S/C20H22O4/c1-5-6-12-9-15(22)24-19-16(11(2)21)18(23)13-7-8-20(3,4)10-14(13)17(12)19/h7-9,23H,5-6,10H2,1-4H3.